The summed E-state index contributed by atoms with van der Waals surface area (Å²) in [6, 6.07) is 30.7. The number of amides is 2. The number of aliphatic hydroxyl groups is 1. The van der Waals surface area contributed by atoms with Crippen molar-refractivity contribution in [3.8, 4) is 0 Å². The van der Waals surface area contributed by atoms with Crippen molar-refractivity contribution >= 4 is 23.6 Å². The lowest BCUT2D eigenvalue weighted by molar-refractivity contribution is -0.134. The average Bonchev–Trinajstić information content (AvgIpc) is 3.03. The van der Waals surface area contributed by atoms with Gasteiger partial charge in [-0.1, -0.05) is 151 Å². The van der Waals surface area contributed by atoms with Gasteiger partial charge in [-0.05, 0) is 34.9 Å². The maximum Gasteiger partial charge on any atom is 0.242 e. The first-order valence-electron chi connectivity index (χ1n) is 16.1. The molecule has 0 aliphatic rings. The zero-order valence-corrected chi connectivity index (χ0v) is 28.0. The smallest absolute Gasteiger partial charge is 0.242 e. The summed E-state index contributed by atoms with van der Waals surface area (Å²) in [7, 11) is 1.60. The van der Waals surface area contributed by atoms with Gasteiger partial charge < -0.3 is 15.7 Å². The quantitative estimate of drug-likeness (QED) is 0.107. The number of carbonyl (C=O) groups excluding carboxylic acids is 2. The fourth-order valence-corrected chi connectivity index (χ4v) is 7.30. The average molecular weight is 617 g/mol. The monoisotopic (exact) mass is 616 g/mol. The minimum absolute atomic E-state index is 0.159. The van der Waals surface area contributed by atoms with Crippen LogP contribution in [0.25, 0.3) is 0 Å². The predicted molar refractivity (Wildman–Crippen MR) is 185 cm³/mol. The fraction of sp³-hybridized carbons (Fsp3) is 0.474. The highest BCUT2D eigenvalue weighted by molar-refractivity contribution is 8.00. The van der Waals surface area contributed by atoms with Gasteiger partial charge in [0.25, 0.3) is 0 Å². The van der Waals surface area contributed by atoms with Gasteiger partial charge in [0.1, 0.15) is 6.04 Å². The molecule has 0 heterocycles. The number of carbonyl (C=O) groups is 2. The first-order chi connectivity index (χ1) is 21.1. The Balaban J connectivity index is 1.88. The van der Waals surface area contributed by atoms with Crippen LogP contribution in [0.15, 0.2) is 91.0 Å². The molecule has 0 aliphatic carbocycles. The number of unbranched alkanes of at least 4 members (excludes halogenated alkanes) is 4. The van der Waals surface area contributed by atoms with Crippen LogP contribution in [0, 0.1) is 11.3 Å². The number of likely N-dealkylation sites (N-methyl/N-ethyl adjacent to an activating group) is 1. The number of nitrogens with one attached hydrogen (secondary N) is 2. The van der Waals surface area contributed by atoms with Crippen LogP contribution < -0.4 is 10.6 Å². The lowest BCUT2D eigenvalue weighted by Gasteiger charge is -2.36. The second-order valence-corrected chi connectivity index (χ2v) is 14.0. The van der Waals surface area contributed by atoms with E-state index in [0.29, 0.717) is 18.6 Å². The Kier molecular flexibility index (Phi) is 14.0. The first-order valence-corrected chi connectivity index (χ1v) is 17.1. The summed E-state index contributed by atoms with van der Waals surface area (Å²) < 4.78 is -0.542. The third-order valence-corrected chi connectivity index (χ3v) is 9.97. The van der Waals surface area contributed by atoms with Crippen molar-refractivity contribution < 1.29 is 14.7 Å². The fourth-order valence-electron chi connectivity index (χ4n) is 5.82. The molecule has 3 atom stereocenters. The molecule has 3 rings (SSSR count). The molecule has 0 bridgehead atoms. The third kappa shape index (κ3) is 9.70. The highest BCUT2D eigenvalue weighted by Crippen LogP contribution is 2.48. The lowest BCUT2D eigenvalue weighted by atomic mass is 9.84. The number of hydrogen-bond donors (Lipinski definition) is 3. The van der Waals surface area contributed by atoms with E-state index in [1.165, 1.54) is 6.42 Å². The van der Waals surface area contributed by atoms with Crippen LogP contribution in [0.1, 0.15) is 89.3 Å². The van der Waals surface area contributed by atoms with Crippen LogP contribution in [0.4, 0.5) is 0 Å². The molecule has 0 aromatic heterocycles. The van der Waals surface area contributed by atoms with E-state index < -0.39 is 22.3 Å². The highest BCUT2D eigenvalue weighted by Gasteiger charge is 2.38. The Labute approximate surface area is 269 Å². The van der Waals surface area contributed by atoms with Crippen molar-refractivity contribution in [1.82, 2.24) is 10.6 Å². The Bertz CT molecular complexity index is 1160. The topological polar surface area (TPSA) is 78.4 Å². The van der Waals surface area contributed by atoms with Crippen LogP contribution in [0.5, 0.6) is 0 Å². The molecule has 2 amide bonds. The zero-order chi connectivity index (χ0) is 32.0. The van der Waals surface area contributed by atoms with E-state index in [0.717, 1.165) is 42.4 Å². The standard InChI is InChI=1S/C38H52N2O3S/c1-6-7-8-9-13-20-29(35(42)40-34(36(43)39-5)37(2,3)4)27-33(41)28-44-38(30-21-14-10-15-22-30,31-23-16-11-17-24-31)32-25-18-12-19-26-32/h10-12,14-19,21-26,29,33-34,41H,6-9,13,20,27-28H2,1-5H3,(H,39,43)(H,40,42)/t29-,33+,34-/m1/s1. The van der Waals surface area contributed by atoms with Crippen LogP contribution in [-0.2, 0) is 14.3 Å². The van der Waals surface area contributed by atoms with E-state index in [4.69, 9.17) is 0 Å². The van der Waals surface area contributed by atoms with Gasteiger partial charge in [0.2, 0.25) is 11.8 Å². The van der Waals surface area contributed by atoms with Crippen molar-refractivity contribution in [2.45, 2.75) is 89.5 Å². The van der Waals surface area contributed by atoms with Gasteiger partial charge in [0.05, 0.1) is 10.9 Å². The van der Waals surface area contributed by atoms with Crippen molar-refractivity contribution in [3.63, 3.8) is 0 Å². The zero-order valence-electron chi connectivity index (χ0n) is 27.2. The molecule has 0 radical (unpaired) electrons. The van der Waals surface area contributed by atoms with E-state index in [9.17, 15) is 14.7 Å². The maximum absolute atomic E-state index is 13.7. The summed E-state index contributed by atoms with van der Waals surface area (Å²) in [5, 5.41) is 17.3. The second kappa shape index (κ2) is 17.4. The van der Waals surface area contributed by atoms with Crippen molar-refractivity contribution in [2.24, 2.45) is 11.3 Å². The van der Waals surface area contributed by atoms with E-state index >= 15 is 0 Å². The van der Waals surface area contributed by atoms with Crippen LogP contribution in [0.3, 0.4) is 0 Å². The molecule has 0 saturated carbocycles. The Morgan fingerprint density at radius 2 is 1.23 bits per heavy atom. The van der Waals surface area contributed by atoms with Crippen molar-refractivity contribution in [1.29, 1.82) is 0 Å². The van der Waals surface area contributed by atoms with E-state index in [1.807, 2.05) is 39.0 Å². The molecular weight excluding hydrogens is 564 g/mol. The molecule has 6 heteroatoms. The molecule has 0 aliphatic heterocycles. The number of aliphatic hydroxyl groups excluding tert-OH is 1. The van der Waals surface area contributed by atoms with Gasteiger partial charge in [-0.2, -0.15) is 0 Å². The van der Waals surface area contributed by atoms with Crippen molar-refractivity contribution in [3.05, 3.63) is 108 Å². The Morgan fingerprint density at radius 1 is 0.750 bits per heavy atom. The molecule has 3 aromatic rings. The van der Waals surface area contributed by atoms with E-state index in [2.05, 4.69) is 90.4 Å². The maximum atomic E-state index is 13.7. The summed E-state index contributed by atoms with van der Waals surface area (Å²) in [4.78, 5) is 26.4. The van der Waals surface area contributed by atoms with Gasteiger partial charge in [0.15, 0.2) is 0 Å². The lowest BCUT2D eigenvalue weighted by Crippen LogP contribution is -2.54. The van der Waals surface area contributed by atoms with Crippen LogP contribution in [-0.4, -0.2) is 41.9 Å². The van der Waals surface area contributed by atoms with Crippen LogP contribution in [0.2, 0.25) is 0 Å². The highest BCUT2D eigenvalue weighted by atomic mass is 32.2. The Morgan fingerprint density at radius 3 is 1.66 bits per heavy atom. The largest absolute Gasteiger partial charge is 0.392 e. The molecule has 3 aromatic carbocycles. The number of hydrogen-bond acceptors (Lipinski definition) is 4. The summed E-state index contributed by atoms with van der Waals surface area (Å²) in [5.74, 6) is -0.312. The summed E-state index contributed by atoms with van der Waals surface area (Å²) in [6.45, 7) is 8.05. The van der Waals surface area contributed by atoms with Gasteiger partial charge in [-0.15, -0.1) is 11.8 Å². The molecule has 5 nitrogen and oxygen atoms in total. The summed E-state index contributed by atoms with van der Waals surface area (Å²) >= 11 is 1.71. The summed E-state index contributed by atoms with van der Waals surface area (Å²) in [5.41, 5.74) is 2.96. The first kappa shape index (κ1) is 35.4. The molecule has 3 N–H and O–H groups in total. The number of benzene rings is 3. The molecular formula is C38H52N2O3S. The van der Waals surface area contributed by atoms with Gasteiger partial charge in [0, 0.05) is 18.7 Å². The minimum atomic E-state index is -0.713. The van der Waals surface area contributed by atoms with Gasteiger partial charge in [-0.3, -0.25) is 9.59 Å². The van der Waals surface area contributed by atoms with E-state index in [-0.39, 0.29) is 17.7 Å². The molecule has 0 spiro atoms. The van der Waals surface area contributed by atoms with Crippen molar-refractivity contribution in [2.75, 3.05) is 12.8 Å². The molecule has 44 heavy (non-hydrogen) atoms. The SMILES string of the molecule is CCCCCCC[C@H](C[C@H](O)CSC(c1ccccc1)(c1ccccc1)c1ccccc1)C(=O)N[C@H](C(=O)NC)C(C)(C)C. The molecule has 238 valence electrons. The van der Waals surface area contributed by atoms with E-state index in [1.54, 1.807) is 18.8 Å². The van der Waals surface area contributed by atoms with Gasteiger partial charge in [-0.25, -0.2) is 0 Å². The normalized spacial score (nSPS) is 14.0. The second-order valence-electron chi connectivity index (χ2n) is 12.8. The molecule has 0 unspecified atom stereocenters. The minimum Gasteiger partial charge on any atom is -0.392 e. The number of thioether (sulfide) groups is 1. The summed E-state index contributed by atoms with van der Waals surface area (Å²) in [6.07, 6.45) is 5.76. The molecule has 0 saturated heterocycles. The molecule has 0 fully saturated rings. The van der Waals surface area contributed by atoms with Gasteiger partial charge >= 0.3 is 0 Å². The van der Waals surface area contributed by atoms with Crippen LogP contribution >= 0.6 is 11.8 Å². The third-order valence-electron chi connectivity index (χ3n) is 8.28. The predicted octanol–water partition coefficient (Wildman–Crippen LogP) is 7.72. The Hall–Kier alpha value is -3.09. The number of rotatable bonds is 17.